The summed E-state index contributed by atoms with van der Waals surface area (Å²) in [5.74, 6) is -1.95. The standard InChI is InChI=1S/C21H17ClF4N4O2S2/c22-15-12-1-2-13(23)14(21(24,25)26)16(12)34-17(15)19(31)30-9-11(10-30)28-4-6-29(7-5-28)20(32)18-27-3-8-33-18/h1-3,8,11H,4-7,9-10H2. The second-order valence-electron chi connectivity index (χ2n) is 8.07. The number of nitrogens with zero attached hydrogens (tertiary/aromatic N) is 4. The van der Waals surface area contributed by atoms with E-state index in [4.69, 9.17) is 11.6 Å². The van der Waals surface area contributed by atoms with E-state index in [0.717, 1.165) is 6.07 Å². The van der Waals surface area contributed by atoms with Crippen LogP contribution in [-0.4, -0.2) is 76.8 Å². The summed E-state index contributed by atoms with van der Waals surface area (Å²) >= 11 is 8.12. The predicted molar refractivity (Wildman–Crippen MR) is 121 cm³/mol. The fraction of sp³-hybridized carbons (Fsp3) is 0.381. The zero-order valence-electron chi connectivity index (χ0n) is 17.4. The molecule has 2 aromatic heterocycles. The van der Waals surface area contributed by atoms with Gasteiger partial charge in [0.2, 0.25) is 0 Å². The van der Waals surface area contributed by atoms with Gasteiger partial charge in [-0.2, -0.15) is 13.2 Å². The lowest BCUT2D eigenvalue weighted by molar-refractivity contribution is -0.138. The molecule has 180 valence electrons. The summed E-state index contributed by atoms with van der Waals surface area (Å²) in [6, 6.07) is 1.98. The molecule has 2 saturated heterocycles. The fourth-order valence-corrected chi connectivity index (χ4v) is 6.49. The Labute approximate surface area is 204 Å². The first-order chi connectivity index (χ1) is 16.1. The van der Waals surface area contributed by atoms with E-state index >= 15 is 0 Å². The molecule has 4 heterocycles. The Morgan fingerprint density at radius 3 is 2.38 bits per heavy atom. The van der Waals surface area contributed by atoms with E-state index in [1.807, 2.05) is 0 Å². The predicted octanol–water partition coefficient (Wildman–Crippen LogP) is 4.45. The van der Waals surface area contributed by atoms with Crippen LogP contribution in [0.4, 0.5) is 17.6 Å². The van der Waals surface area contributed by atoms with Crippen molar-refractivity contribution in [2.45, 2.75) is 12.2 Å². The number of hydrogen-bond acceptors (Lipinski definition) is 6. The Morgan fingerprint density at radius 1 is 1.06 bits per heavy atom. The third-order valence-corrected chi connectivity index (χ3v) is 8.58. The van der Waals surface area contributed by atoms with Crippen molar-refractivity contribution < 1.29 is 27.2 Å². The van der Waals surface area contributed by atoms with Crippen LogP contribution in [0.5, 0.6) is 0 Å². The van der Waals surface area contributed by atoms with Crippen LogP contribution in [0.25, 0.3) is 10.1 Å². The first kappa shape index (κ1) is 23.5. The van der Waals surface area contributed by atoms with Crippen LogP contribution in [0.2, 0.25) is 5.02 Å². The van der Waals surface area contributed by atoms with E-state index < -0.39 is 23.5 Å². The zero-order valence-corrected chi connectivity index (χ0v) is 19.8. The number of halogens is 5. The van der Waals surface area contributed by atoms with Gasteiger partial charge in [0.05, 0.1) is 9.72 Å². The van der Waals surface area contributed by atoms with E-state index in [-0.39, 0.29) is 31.9 Å². The van der Waals surface area contributed by atoms with Crippen LogP contribution >= 0.6 is 34.3 Å². The van der Waals surface area contributed by atoms with Gasteiger partial charge >= 0.3 is 6.18 Å². The highest BCUT2D eigenvalue weighted by atomic mass is 35.5. The number of thiazole rings is 1. The Morgan fingerprint density at radius 2 is 1.76 bits per heavy atom. The van der Waals surface area contributed by atoms with Gasteiger partial charge in [0.25, 0.3) is 11.8 Å². The van der Waals surface area contributed by atoms with Crippen molar-refractivity contribution in [3.8, 4) is 0 Å². The van der Waals surface area contributed by atoms with Gasteiger partial charge in [-0.15, -0.1) is 22.7 Å². The van der Waals surface area contributed by atoms with Crippen LogP contribution in [0, 0.1) is 5.82 Å². The number of hydrogen-bond donors (Lipinski definition) is 0. The minimum Gasteiger partial charge on any atom is -0.335 e. The van der Waals surface area contributed by atoms with Gasteiger partial charge in [-0.1, -0.05) is 11.6 Å². The molecule has 3 aromatic rings. The molecule has 2 aliphatic rings. The number of rotatable bonds is 3. The molecule has 2 aliphatic heterocycles. The molecule has 0 aliphatic carbocycles. The zero-order chi connectivity index (χ0) is 24.2. The number of amides is 2. The number of alkyl halides is 3. The molecule has 13 heteroatoms. The first-order valence-corrected chi connectivity index (χ1v) is 12.4. The Hall–Kier alpha value is -2.28. The molecule has 0 atom stereocenters. The molecular weight excluding hydrogens is 516 g/mol. The van der Waals surface area contributed by atoms with Crippen molar-refractivity contribution >= 4 is 56.2 Å². The number of thiophene rings is 1. The highest BCUT2D eigenvalue weighted by Gasteiger charge is 2.41. The molecule has 0 bridgehead atoms. The average molecular weight is 533 g/mol. The van der Waals surface area contributed by atoms with Crippen molar-refractivity contribution in [3.05, 3.63) is 50.0 Å². The SMILES string of the molecule is O=C(c1nccs1)N1CCN(C2CN(C(=O)c3sc4c(C(F)(F)F)c(F)ccc4c3Cl)C2)CC1. The molecule has 0 saturated carbocycles. The molecule has 34 heavy (non-hydrogen) atoms. The summed E-state index contributed by atoms with van der Waals surface area (Å²) in [6.07, 6.45) is -3.31. The summed E-state index contributed by atoms with van der Waals surface area (Å²) in [7, 11) is 0. The molecule has 0 radical (unpaired) electrons. The highest BCUT2D eigenvalue weighted by Crippen LogP contribution is 2.44. The third-order valence-electron chi connectivity index (χ3n) is 6.11. The van der Waals surface area contributed by atoms with Gasteiger partial charge < -0.3 is 9.80 Å². The lowest BCUT2D eigenvalue weighted by atomic mass is 10.1. The number of likely N-dealkylation sites (tertiary alicyclic amines) is 1. The molecular formula is C21H17ClF4N4O2S2. The van der Waals surface area contributed by atoms with Gasteiger partial charge in [0.15, 0.2) is 5.01 Å². The second-order valence-corrected chi connectivity index (χ2v) is 10.4. The summed E-state index contributed by atoms with van der Waals surface area (Å²) in [6.45, 7) is 3.23. The van der Waals surface area contributed by atoms with Gasteiger partial charge in [0, 0.05) is 62.3 Å². The average Bonchev–Trinajstić information content (AvgIpc) is 3.40. The molecule has 2 fully saturated rings. The lowest BCUT2D eigenvalue weighted by Gasteiger charge is -2.48. The smallest absolute Gasteiger partial charge is 0.335 e. The summed E-state index contributed by atoms with van der Waals surface area (Å²) in [5.41, 5.74) is -1.40. The summed E-state index contributed by atoms with van der Waals surface area (Å²) < 4.78 is 53.6. The van der Waals surface area contributed by atoms with Crippen molar-refractivity contribution in [2.75, 3.05) is 39.3 Å². The Bertz CT molecular complexity index is 1250. The highest BCUT2D eigenvalue weighted by molar-refractivity contribution is 7.21. The molecule has 1 aromatic carbocycles. The molecule has 0 spiro atoms. The minimum absolute atomic E-state index is 0.0156. The molecule has 5 rings (SSSR count). The van der Waals surface area contributed by atoms with Crippen molar-refractivity contribution in [1.82, 2.24) is 19.7 Å². The van der Waals surface area contributed by atoms with E-state index in [9.17, 15) is 27.2 Å². The van der Waals surface area contributed by atoms with E-state index in [0.29, 0.717) is 55.6 Å². The Balaban J connectivity index is 1.24. The third kappa shape index (κ3) is 4.06. The lowest BCUT2D eigenvalue weighted by Crippen LogP contribution is -2.64. The van der Waals surface area contributed by atoms with Gasteiger partial charge in [-0.3, -0.25) is 14.5 Å². The molecule has 0 N–H and O–H groups in total. The van der Waals surface area contributed by atoms with Gasteiger partial charge in [-0.05, 0) is 12.1 Å². The summed E-state index contributed by atoms with van der Waals surface area (Å²) in [4.78, 5) is 34.9. The first-order valence-electron chi connectivity index (χ1n) is 10.3. The maximum Gasteiger partial charge on any atom is 0.420 e. The minimum atomic E-state index is -4.90. The van der Waals surface area contributed by atoms with E-state index in [2.05, 4.69) is 9.88 Å². The van der Waals surface area contributed by atoms with Crippen molar-refractivity contribution in [3.63, 3.8) is 0 Å². The van der Waals surface area contributed by atoms with Crippen LogP contribution in [0.3, 0.4) is 0 Å². The van der Waals surface area contributed by atoms with Crippen LogP contribution < -0.4 is 0 Å². The number of carbonyl (C=O) groups excluding carboxylic acids is 2. The monoisotopic (exact) mass is 532 g/mol. The number of piperazine rings is 1. The Kier molecular flexibility index (Phi) is 6.03. The number of carbonyl (C=O) groups is 2. The second kappa shape index (κ2) is 8.74. The van der Waals surface area contributed by atoms with Crippen molar-refractivity contribution in [1.29, 1.82) is 0 Å². The van der Waals surface area contributed by atoms with E-state index in [1.54, 1.807) is 16.5 Å². The largest absolute Gasteiger partial charge is 0.420 e. The summed E-state index contributed by atoms with van der Waals surface area (Å²) in [5, 5.41) is 2.14. The quantitative estimate of drug-likeness (QED) is 0.468. The van der Waals surface area contributed by atoms with Crippen molar-refractivity contribution in [2.24, 2.45) is 0 Å². The number of aromatic nitrogens is 1. The maximum absolute atomic E-state index is 13.9. The number of benzene rings is 1. The maximum atomic E-state index is 13.9. The normalized spacial score (nSPS) is 17.9. The fourth-order valence-electron chi connectivity index (χ4n) is 4.26. The van der Waals surface area contributed by atoms with Crippen LogP contribution in [0.15, 0.2) is 23.7 Å². The molecule has 0 unspecified atom stereocenters. The molecule has 2 amide bonds. The van der Waals surface area contributed by atoms with Gasteiger partial charge in [-0.25, -0.2) is 9.37 Å². The van der Waals surface area contributed by atoms with Gasteiger partial charge in [0.1, 0.15) is 16.3 Å². The van der Waals surface area contributed by atoms with E-state index in [1.165, 1.54) is 22.3 Å². The van der Waals surface area contributed by atoms with Crippen LogP contribution in [0.1, 0.15) is 25.0 Å². The number of fused-ring (bicyclic) bond motifs is 1. The topological polar surface area (TPSA) is 56.8 Å². The molecule has 6 nitrogen and oxygen atoms in total. The van der Waals surface area contributed by atoms with Crippen LogP contribution in [-0.2, 0) is 6.18 Å².